The number of hydrogen-bond donors (Lipinski definition) is 1. The third kappa shape index (κ3) is 10.2. The Morgan fingerprint density at radius 1 is 1.18 bits per heavy atom. The van der Waals surface area contributed by atoms with Crippen LogP contribution in [0.4, 0.5) is 4.79 Å². The molecule has 0 aromatic rings. The number of alkyl carbamates (subject to hydrolysis) is 1. The van der Waals surface area contributed by atoms with Crippen LogP contribution in [0.15, 0.2) is 12.2 Å². The minimum absolute atomic E-state index is 0.0161. The van der Waals surface area contributed by atoms with Crippen molar-refractivity contribution >= 4 is 34.0 Å². The maximum atomic E-state index is 11.5. The fourth-order valence-corrected chi connectivity index (χ4v) is 1.20. The number of hydrogen-bond acceptors (Lipinski definition) is 6. The molecule has 0 aliphatic rings. The van der Waals surface area contributed by atoms with Crippen LogP contribution in [0.1, 0.15) is 27.2 Å². The number of carbonyl (C=O) groups is 3. The lowest BCUT2D eigenvalue weighted by atomic mass is 10.2. The molecule has 0 saturated carbocycles. The molecule has 0 aromatic heterocycles. The Morgan fingerprint density at radius 2 is 1.82 bits per heavy atom. The van der Waals surface area contributed by atoms with E-state index < -0.39 is 23.6 Å². The molecule has 0 aromatic carbocycles. The van der Waals surface area contributed by atoms with Gasteiger partial charge in [0.2, 0.25) is 0 Å². The van der Waals surface area contributed by atoms with Gasteiger partial charge in [-0.1, -0.05) is 22.5 Å². The number of esters is 2. The average molecular weight is 380 g/mol. The second-order valence-electron chi connectivity index (χ2n) is 5.10. The van der Waals surface area contributed by atoms with Gasteiger partial charge in [0.15, 0.2) is 0 Å². The first-order valence-electron chi connectivity index (χ1n) is 6.69. The molecule has 1 N–H and O–H groups in total. The molecule has 7 nitrogen and oxygen atoms in total. The van der Waals surface area contributed by atoms with Crippen LogP contribution >= 0.6 is 15.9 Å². The maximum absolute atomic E-state index is 11.5. The second-order valence-corrected chi connectivity index (χ2v) is 5.66. The van der Waals surface area contributed by atoms with Crippen LogP contribution in [-0.4, -0.2) is 48.7 Å². The first-order valence-corrected chi connectivity index (χ1v) is 7.81. The van der Waals surface area contributed by atoms with Crippen molar-refractivity contribution in [2.45, 2.75) is 32.8 Å². The zero-order chi connectivity index (χ0) is 17.2. The van der Waals surface area contributed by atoms with Crippen molar-refractivity contribution in [3.8, 4) is 0 Å². The van der Waals surface area contributed by atoms with E-state index in [9.17, 15) is 14.4 Å². The highest BCUT2D eigenvalue weighted by atomic mass is 79.9. The predicted octanol–water partition coefficient (Wildman–Crippen LogP) is 1.94. The third-order valence-electron chi connectivity index (χ3n) is 2.20. The van der Waals surface area contributed by atoms with Crippen LogP contribution in [0.2, 0.25) is 0 Å². The van der Waals surface area contributed by atoms with E-state index in [0.717, 1.165) is 0 Å². The van der Waals surface area contributed by atoms with Gasteiger partial charge in [-0.25, -0.2) is 9.59 Å². The first kappa shape index (κ1) is 20.4. The number of halogens is 1. The molecule has 0 atom stereocenters. The maximum Gasteiger partial charge on any atom is 0.407 e. The number of ether oxygens (including phenoxy) is 3. The van der Waals surface area contributed by atoms with Gasteiger partial charge in [0.05, 0.1) is 13.0 Å². The van der Waals surface area contributed by atoms with E-state index >= 15 is 0 Å². The molecule has 1 amide bonds. The van der Waals surface area contributed by atoms with Gasteiger partial charge in [-0.2, -0.15) is 0 Å². The van der Waals surface area contributed by atoms with Crippen molar-refractivity contribution in [3.05, 3.63) is 12.2 Å². The van der Waals surface area contributed by atoms with Crippen molar-refractivity contribution in [1.82, 2.24) is 5.32 Å². The summed E-state index contributed by atoms with van der Waals surface area (Å²) in [4.78, 5) is 33.8. The zero-order valence-electron chi connectivity index (χ0n) is 13.1. The SMILES string of the molecule is C=C(C)C(=O)OCCNC(=O)OCCC(=O)OC(C)(C)CBr. The molecule has 0 heterocycles. The van der Waals surface area contributed by atoms with Gasteiger partial charge in [0, 0.05) is 10.9 Å². The molecule has 22 heavy (non-hydrogen) atoms. The first-order chi connectivity index (χ1) is 10.2. The van der Waals surface area contributed by atoms with Crippen molar-refractivity contribution in [1.29, 1.82) is 0 Å². The van der Waals surface area contributed by atoms with Crippen LogP contribution in [0.25, 0.3) is 0 Å². The topological polar surface area (TPSA) is 90.9 Å². The average Bonchev–Trinajstić information content (AvgIpc) is 2.42. The highest BCUT2D eigenvalue weighted by Crippen LogP contribution is 2.13. The molecule has 0 radical (unpaired) electrons. The van der Waals surface area contributed by atoms with Crippen molar-refractivity contribution < 1.29 is 28.6 Å². The highest BCUT2D eigenvalue weighted by molar-refractivity contribution is 9.09. The molecular formula is C14H22BrNO6. The summed E-state index contributed by atoms with van der Waals surface area (Å²) in [5.74, 6) is -0.972. The third-order valence-corrected chi connectivity index (χ3v) is 3.55. The van der Waals surface area contributed by atoms with Crippen LogP contribution < -0.4 is 5.32 Å². The molecule has 0 aliphatic heterocycles. The fourth-order valence-electron chi connectivity index (χ4n) is 1.08. The summed E-state index contributed by atoms with van der Waals surface area (Å²) in [7, 11) is 0. The largest absolute Gasteiger partial charge is 0.460 e. The quantitative estimate of drug-likeness (QED) is 0.216. The summed E-state index contributed by atoms with van der Waals surface area (Å²) in [6, 6.07) is 0. The van der Waals surface area contributed by atoms with E-state index in [4.69, 9.17) is 14.2 Å². The normalized spacial score (nSPS) is 10.5. The molecule has 126 valence electrons. The smallest absolute Gasteiger partial charge is 0.407 e. The Kier molecular flexibility index (Phi) is 9.48. The molecule has 0 aliphatic carbocycles. The molecule has 0 saturated heterocycles. The highest BCUT2D eigenvalue weighted by Gasteiger charge is 2.21. The second kappa shape index (κ2) is 10.2. The van der Waals surface area contributed by atoms with E-state index in [-0.39, 0.29) is 31.8 Å². The van der Waals surface area contributed by atoms with E-state index in [1.165, 1.54) is 6.92 Å². The summed E-state index contributed by atoms with van der Waals surface area (Å²) in [6.45, 7) is 8.52. The van der Waals surface area contributed by atoms with E-state index in [1.54, 1.807) is 13.8 Å². The number of nitrogens with one attached hydrogen (secondary N) is 1. The molecule has 8 heteroatoms. The van der Waals surface area contributed by atoms with Gasteiger partial charge in [-0.15, -0.1) is 0 Å². The number of amides is 1. The zero-order valence-corrected chi connectivity index (χ0v) is 14.7. The standard InChI is InChI=1S/C14H22BrNO6/c1-10(2)12(18)20-8-6-16-13(19)21-7-5-11(17)22-14(3,4)9-15/h1,5-9H2,2-4H3,(H,16,19). The lowest BCUT2D eigenvalue weighted by Gasteiger charge is -2.22. The molecule has 0 unspecified atom stereocenters. The monoisotopic (exact) mass is 379 g/mol. The van der Waals surface area contributed by atoms with Gasteiger partial charge in [0.25, 0.3) is 0 Å². The summed E-state index contributed by atoms with van der Waals surface area (Å²) < 4.78 is 14.7. The van der Waals surface area contributed by atoms with Gasteiger partial charge in [0.1, 0.15) is 18.8 Å². The molecule has 0 bridgehead atoms. The fraction of sp³-hybridized carbons (Fsp3) is 0.643. The van der Waals surface area contributed by atoms with E-state index in [1.807, 2.05) is 0 Å². The van der Waals surface area contributed by atoms with Crippen LogP contribution in [-0.2, 0) is 23.8 Å². The lowest BCUT2D eigenvalue weighted by molar-refractivity contribution is -0.155. The van der Waals surface area contributed by atoms with Gasteiger partial charge >= 0.3 is 18.0 Å². The number of rotatable bonds is 9. The lowest BCUT2D eigenvalue weighted by Crippen LogP contribution is -2.31. The van der Waals surface area contributed by atoms with E-state index in [0.29, 0.717) is 5.33 Å². The molecular weight excluding hydrogens is 358 g/mol. The Balaban J connectivity index is 3.72. The Hall–Kier alpha value is -1.57. The summed E-state index contributed by atoms with van der Waals surface area (Å²) >= 11 is 3.23. The van der Waals surface area contributed by atoms with Gasteiger partial charge in [-0.05, 0) is 20.8 Å². The van der Waals surface area contributed by atoms with Crippen molar-refractivity contribution in [3.63, 3.8) is 0 Å². The Labute approximate surface area is 138 Å². The summed E-state index contributed by atoms with van der Waals surface area (Å²) in [5.41, 5.74) is -0.320. The number of alkyl halides is 1. The van der Waals surface area contributed by atoms with Crippen LogP contribution in [0.3, 0.4) is 0 Å². The van der Waals surface area contributed by atoms with E-state index in [2.05, 4.69) is 27.8 Å². The van der Waals surface area contributed by atoms with Crippen LogP contribution in [0.5, 0.6) is 0 Å². The Morgan fingerprint density at radius 3 is 2.36 bits per heavy atom. The summed E-state index contributed by atoms with van der Waals surface area (Å²) in [6.07, 6.45) is -0.729. The minimum Gasteiger partial charge on any atom is -0.460 e. The Bertz CT molecular complexity index is 422. The van der Waals surface area contributed by atoms with Crippen LogP contribution in [0, 0.1) is 0 Å². The molecule has 0 spiro atoms. The van der Waals surface area contributed by atoms with Crippen molar-refractivity contribution in [2.24, 2.45) is 0 Å². The van der Waals surface area contributed by atoms with Gasteiger partial charge in [-0.3, -0.25) is 4.79 Å². The molecule has 0 rings (SSSR count). The summed E-state index contributed by atoms with van der Waals surface area (Å²) in [5, 5.41) is 2.89. The van der Waals surface area contributed by atoms with Crippen molar-refractivity contribution in [2.75, 3.05) is 25.1 Å². The number of carbonyl (C=O) groups excluding carboxylic acids is 3. The predicted molar refractivity (Wildman–Crippen MR) is 83.7 cm³/mol. The van der Waals surface area contributed by atoms with Gasteiger partial charge < -0.3 is 19.5 Å². The molecule has 0 fully saturated rings. The minimum atomic E-state index is -0.695.